The Balaban J connectivity index is 2.60. The lowest BCUT2D eigenvalue weighted by Gasteiger charge is -2.14. The summed E-state index contributed by atoms with van der Waals surface area (Å²) in [5, 5.41) is 3.22. The lowest BCUT2D eigenvalue weighted by Crippen LogP contribution is -2.30. The monoisotopic (exact) mass is 239 g/mol. The van der Waals surface area contributed by atoms with Gasteiger partial charge >= 0.3 is 0 Å². The Bertz CT molecular complexity index is 334. The first-order chi connectivity index (χ1) is 7.67. The van der Waals surface area contributed by atoms with Crippen molar-refractivity contribution in [2.75, 3.05) is 12.8 Å². The van der Waals surface area contributed by atoms with Crippen LogP contribution in [0.1, 0.15) is 25.3 Å². The van der Waals surface area contributed by atoms with Gasteiger partial charge in [-0.1, -0.05) is 31.0 Å². The van der Waals surface area contributed by atoms with Gasteiger partial charge in [-0.2, -0.15) is 0 Å². The summed E-state index contributed by atoms with van der Waals surface area (Å²) in [5.74, 6) is 0.702. The van der Waals surface area contributed by atoms with E-state index in [1.807, 2.05) is 38.2 Å². The smallest absolute Gasteiger partial charge is 0.0545 e. The van der Waals surface area contributed by atoms with Crippen LogP contribution >= 0.6 is 0 Å². The first-order valence-corrected chi connectivity index (χ1v) is 7.11. The van der Waals surface area contributed by atoms with Gasteiger partial charge in [-0.25, -0.2) is 0 Å². The average molecular weight is 239 g/mol. The summed E-state index contributed by atoms with van der Waals surface area (Å²) < 4.78 is 12.1. The van der Waals surface area contributed by atoms with Crippen LogP contribution in [-0.2, 0) is 10.8 Å². The molecule has 1 rings (SSSR count). The molecule has 2 unspecified atom stereocenters. The van der Waals surface area contributed by atoms with Crippen LogP contribution in [0, 0.1) is 6.92 Å². The number of benzene rings is 1. The molecule has 0 aliphatic rings. The first kappa shape index (κ1) is 13.4. The zero-order valence-electron chi connectivity index (χ0n) is 10.3. The molecule has 0 amide bonds. The van der Waals surface area contributed by atoms with Crippen molar-refractivity contribution in [2.24, 2.45) is 0 Å². The highest BCUT2D eigenvalue weighted by Crippen LogP contribution is 2.10. The van der Waals surface area contributed by atoms with E-state index in [0.29, 0.717) is 11.8 Å². The Hall–Kier alpha value is -0.670. The van der Waals surface area contributed by atoms with Crippen LogP contribution in [0.4, 0.5) is 0 Å². The van der Waals surface area contributed by atoms with Crippen molar-refractivity contribution in [3.05, 3.63) is 29.8 Å². The van der Waals surface area contributed by atoms with Gasteiger partial charge in [-0.3, -0.25) is 4.21 Å². The van der Waals surface area contributed by atoms with E-state index >= 15 is 0 Å². The topological polar surface area (TPSA) is 29.1 Å². The van der Waals surface area contributed by atoms with E-state index in [1.54, 1.807) is 0 Å². The molecule has 0 spiro atoms. The number of hydrogen-bond donors (Lipinski definition) is 1. The maximum Gasteiger partial charge on any atom is 0.0545 e. The maximum atomic E-state index is 12.1. The molecule has 0 aliphatic carbocycles. The average Bonchev–Trinajstić information content (AvgIpc) is 2.29. The molecule has 2 nitrogen and oxygen atoms in total. The van der Waals surface area contributed by atoms with Gasteiger partial charge in [0.05, 0.1) is 10.8 Å². The van der Waals surface area contributed by atoms with Crippen LogP contribution in [0.2, 0.25) is 0 Å². The van der Waals surface area contributed by atoms with Crippen molar-refractivity contribution in [1.29, 1.82) is 0 Å². The highest BCUT2D eigenvalue weighted by atomic mass is 32.2. The van der Waals surface area contributed by atoms with Gasteiger partial charge in [0, 0.05) is 16.7 Å². The van der Waals surface area contributed by atoms with Gasteiger partial charge in [0.15, 0.2) is 0 Å². The van der Waals surface area contributed by atoms with Gasteiger partial charge in [-0.15, -0.1) is 0 Å². The van der Waals surface area contributed by atoms with Crippen molar-refractivity contribution in [2.45, 2.75) is 37.6 Å². The van der Waals surface area contributed by atoms with E-state index in [1.165, 1.54) is 5.56 Å². The minimum absolute atomic E-state index is 0.354. The Kier molecular flexibility index (Phi) is 5.71. The van der Waals surface area contributed by atoms with Crippen molar-refractivity contribution < 1.29 is 4.21 Å². The molecule has 2 atom stereocenters. The van der Waals surface area contributed by atoms with Crippen molar-refractivity contribution in [3.63, 3.8) is 0 Å². The standard InChI is InChI=1S/C13H21NOS/c1-4-5-12(14-3)10-16(15)13-8-6-11(2)7-9-13/h6-9,12,14H,4-5,10H2,1-3H3. The molecule has 0 heterocycles. The Morgan fingerprint density at radius 3 is 2.44 bits per heavy atom. The van der Waals surface area contributed by atoms with Crippen molar-refractivity contribution >= 4 is 10.8 Å². The zero-order chi connectivity index (χ0) is 12.0. The molecule has 0 aromatic heterocycles. The molecular formula is C13H21NOS. The van der Waals surface area contributed by atoms with Gasteiger partial charge < -0.3 is 5.32 Å². The fourth-order valence-electron chi connectivity index (χ4n) is 1.63. The third kappa shape index (κ3) is 4.06. The fraction of sp³-hybridized carbons (Fsp3) is 0.538. The number of hydrogen-bond acceptors (Lipinski definition) is 2. The number of aryl methyl sites for hydroxylation is 1. The molecule has 0 aliphatic heterocycles. The Labute approximate surface area is 101 Å². The third-order valence-corrected chi connectivity index (χ3v) is 4.18. The normalized spacial score (nSPS) is 14.7. The van der Waals surface area contributed by atoms with Crippen LogP contribution in [0.25, 0.3) is 0 Å². The van der Waals surface area contributed by atoms with Crippen LogP contribution in [0.15, 0.2) is 29.2 Å². The highest BCUT2D eigenvalue weighted by molar-refractivity contribution is 7.85. The van der Waals surface area contributed by atoms with Crippen LogP contribution in [0.3, 0.4) is 0 Å². The fourth-order valence-corrected chi connectivity index (χ4v) is 2.96. The van der Waals surface area contributed by atoms with Crippen LogP contribution in [-0.4, -0.2) is 23.1 Å². The number of nitrogens with one attached hydrogen (secondary N) is 1. The highest BCUT2D eigenvalue weighted by Gasteiger charge is 2.11. The lowest BCUT2D eigenvalue weighted by atomic mass is 10.2. The summed E-state index contributed by atoms with van der Waals surface area (Å²) in [6.45, 7) is 4.19. The molecule has 1 aromatic rings. The summed E-state index contributed by atoms with van der Waals surface area (Å²) in [6, 6.07) is 8.31. The van der Waals surface area contributed by atoms with Crippen LogP contribution < -0.4 is 5.32 Å². The zero-order valence-corrected chi connectivity index (χ0v) is 11.1. The van der Waals surface area contributed by atoms with Crippen LogP contribution in [0.5, 0.6) is 0 Å². The molecule has 0 saturated heterocycles. The van der Waals surface area contributed by atoms with Crippen molar-refractivity contribution in [3.8, 4) is 0 Å². The summed E-state index contributed by atoms with van der Waals surface area (Å²) in [5.41, 5.74) is 1.21. The quantitative estimate of drug-likeness (QED) is 0.826. The SMILES string of the molecule is CCCC(CS(=O)c1ccc(C)cc1)NC. The predicted molar refractivity (Wildman–Crippen MR) is 70.2 cm³/mol. The van der Waals surface area contributed by atoms with Gasteiger partial charge in [-0.05, 0) is 32.5 Å². The minimum atomic E-state index is -0.886. The molecule has 1 aromatic carbocycles. The second-order valence-electron chi connectivity index (χ2n) is 4.10. The maximum absolute atomic E-state index is 12.1. The second kappa shape index (κ2) is 6.81. The molecule has 0 fully saturated rings. The molecule has 1 N–H and O–H groups in total. The van der Waals surface area contributed by atoms with E-state index in [0.717, 1.165) is 17.7 Å². The predicted octanol–water partition coefficient (Wildman–Crippen LogP) is 2.49. The molecular weight excluding hydrogens is 218 g/mol. The third-order valence-electron chi connectivity index (χ3n) is 2.68. The molecule has 0 bridgehead atoms. The van der Waals surface area contributed by atoms with Gasteiger partial charge in [0.25, 0.3) is 0 Å². The summed E-state index contributed by atoms with van der Waals surface area (Å²) in [4.78, 5) is 0.932. The van der Waals surface area contributed by atoms with E-state index in [4.69, 9.17) is 0 Å². The Morgan fingerprint density at radius 1 is 1.31 bits per heavy atom. The number of rotatable bonds is 6. The molecule has 0 saturated carbocycles. The Morgan fingerprint density at radius 2 is 1.94 bits per heavy atom. The molecule has 0 radical (unpaired) electrons. The lowest BCUT2D eigenvalue weighted by molar-refractivity contribution is 0.557. The van der Waals surface area contributed by atoms with E-state index < -0.39 is 10.8 Å². The van der Waals surface area contributed by atoms with E-state index in [2.05, 4.69) is 12.2 Å². The second-order valence-corrected chi connectivity index (χ2v) is 5.60. The van der Waals surface area contributed by atoms with E-state index in [-0.39, 0.29) is 0 Å². The summed E-state index contributed by atoms with van der Waals surface area (Å²) in [6.07, 6.45) is 2.20. The summed E-state index contributed by atoms with van der Waals surface area (Å²) in [7, 11) is 1.05. The summed E-state index contributed by atoms with van der Waals surface area (Å²) >= 11 is 0. The first-order valence-electron chi connectivity index (χ1n) is 5.79. The largest absolute Gasteiger partial charge is 0.316 e. The van der Waals surface area contributed by atoms with Gasteiger partial charge in [0.2, 0.25) is 0 Å². The minimum Gasteiger partial charge on any atom is -0.316 e. The molecule has 16 heavy (non-hydrogen) atoms. The molecule has 90 valence electrons. The van der Waals surface area contributed by atoms with Gasteiger partial charge in [0.1, 0.15) is 0 Å². The van der Waals surface area contributed by atoms with Crippen molar-refractivity contribution in [1.82, 2.24) is 5.32 Å². The van der Waals surface area contributed by atoms with E-state index in [9.17, 15) is 4.21 Å². The molecule has 3 heteroatoms.